The molecule has 0 amide bonds. The second-order valence-electron chi connectivity index (χ2n) is 7.27. The smallest absolute Gasteiger partial charge is 0.138 e. The molecule has 1 saturated carbocycles. The highest BCUT2D eigenvalue weighted by Gasteiger charge is 2.40. The van der Waals surface area contributed by atoms with E-state index in [9.17, 15) is 0 Å². The zero-order valence-corrected chi connectivity index (χ0v) is 13.9. The van der Waals surface area contributed by atoms with Crippen LogP contribution in [0.4, 0.5) is 0 Å². The van der Waals surface area contributed by atoms with Gasteiger partial charge in [0, 0.05) is 12.2 Å². The lowest BCUT2D eigenvalue weighted by Gasteiger charge is -2.37. The summed E-state index contributed by atoms with van der Waals surface area (Å²) in [5, 5.41) is 0. The maximum absolute atomic E-state index is 6.69. The summed E-state index contributed by atoms with van der Waals surface area (Å²) >= 11 is 0. The minimum atomic E-state index is 0.0608. The zero-order valence-electron chi connectivity index (χ0n) is 13.9. The normalized spacial score (nSPS) is 19.2. The van der Waals surface area contributed by atoms with Crippen LogP contribution in [0.1, 0.15) is 71.4 Å². The molecule has 3 heteroatoms. The number of nitrogens with zero attached hydrogens (tertiary/aromatic N) is 1. The first kappa shape index (κ1) is 16.3. The molecule has 0 aliphatic heterocycles. The Labute approximate surface area is 129 Å². The lowest BCUT2D eigenvalue weighted by molar-refractivity contribution is 0.182. The topological polar surface area (TPSA) is 48.1 Å². The fourth-order valence-corrected chi connectivity index (χ4v) is 3.83. The van der Waals surface area contributed by atoms with E-state index in [0.717, 1.165) is 11.3 Å². The predicted octanol–water partition coefficient (Wildman–Crippen LogP) is 4.48. The summed E-state index contributed by atoms with van der Waals surface area (Å²) in [5.41, 5.74) is 8.05. The molecule has 1 aromatic heterocycles. The van der Waals surface area contributed by atoms with Gasteiger partial charge in [-0.3, -0.25) is 4.98 Å². The molecule has 0 aromatic carbocycles. The second kappa shape index (κ2) is 6.78. The van der Waals surface area contributed by atoms with Crippen LogP contribution in [0, 0.1) is 11.3 Å². The van der Waals surface area contributed by atoms with Crippen molar-refractivity contribution in [2.24, 2.45) is 17.1 Å². The van der Waals surface area contributed by atoms with Crippen LogP contribution in [-0.4, -0.2) is 11.1 Å². The van der Waals surface area contributed by atoms with Crippen LogP contribution in [0.3, 0.4) is 0 Å². The average molecular weight is 290 g/mol. The predicted molar refractivity (Wildman–Crippen MR) is 87.3 cm³/mol. The van der Waals surface area contributed by atoms with Gasteiger partial charge < -0.3 is 10.5 Å². The second-order valence-corrected chi connectivity index (χ2v) is 7.27. The minimum absolute atomic E-state index is 0.0608. The third-order valence-electron chi connectivity index (χ3n) is 4.54. The lowest BCUT2D eigenvalue weighted by atomic mass is 9.71. The monoisotopic (exact) mass is 290 g/mol. The molecular formula is C18H30N2O. The molecule has 1 heterocycles. The van der Waals surface area contributed by atoms with Crippen LogP contribution in [0.15, 0.2) is 18.5 Å². The summed E-state index contributed by atoms with van der Waals surface area (Å²) < 4.78 is 5.76. The summed E-state index contributed by atoms with van der Waals surface area (Å²) in [6.07, 6.45) is 10.1. The van der Waals surface area contributed by atoms with Crippen molar-refractivity contribution in [2.75, 3.05) is 0 Å². The Balaban J connectivity index is 2.22. The maximum atomic E-state index is 6.69. The van der Waals surface area contributed by atoms with E-state index in [2.05, 4.69) is 24.9 Å². The molecule has 3 nitrogen and oxygen atoms in total. The molecule has 1 aromatic rings. The number of pyridine rings is 1. The summed E-state index contributed by atoms with van der Waals surface area (Å²) in [6.45, 7) is 8.65. The Morgan fingerprint density at radius 1 is 1.19 bits per heavy atom. The fraction of sp³-hybridized carbons (Fsp3) is 0.722. The van der Waals surface area contributed by atoms with Crippen molar-refractivity contribution in [1.29, 1.82) is 0 Å². The molecule has 0 bridgehead atoms. The zero-order chi connectivity index (χ0) is 15.5. The van der Waals surface area contributed by atoms with Gasteiger partial charge in [0.25, 0.3) is 0 Å². The van der Waals surface area contributed by atoms with Crippen LogP contribution >= 0.6 is 0 Å². The molecule has 118 valence electrons. The molecule has 1 fully saturated rings. The Hall–Kier alpha value is -1.09. The molecule has 2 rings (SSSR count). The van der Waals surface area contributed by atoms with Crippen LogP contribution in [0.5, 0.6) is 5.75 Å². The van der Waals surface area contributed by atoms with Crippen LogP contribution in [0.25, 0.3) is 0 Å². The number of aromatic nitrogens is 1. The number of nitrogens with two attached hydrogens (primary N) is 1. The molecule has 1 aliphatic carbocycles. The summed E-state index contributed by atoms with van der Waals surface area (Å²) in [6, 6.07) is 2.14. The molecule has 0 radical (unpaired) electrons. The number of hydrogen-bond acceptors (Lipinski definition) is 3. The minimum Gasteiger partial charge on any atom is -0.489 e. The molecule has 2 N–H and O–H groups in total. The quantitative estimate of drug-likeness (QED) is 0.840. The van der Waals surface area contributed by atoms with Crippen molar-refractivity contribution in [2.45, 2.75) is 71.9 Å². The van der Waals surface area contributed by atoms with Gasteiger partial charge in [-0.25, -0.2) is 0 Å². The summed E-state index contributed by atoms with van der Waals surface area (Å²) in [4.78, 5) is 4.34. The number of rotatable bonds is 6. The Morgan fingerprint density at radius 3 is 2.43 bits per heavy atom. The van der Waals surface area contributed by atoms with E-state index in [1.165, 1.54) is 32.1 Å². The van der Waals surface area contributed by atoms with Gasteiger partial charge in [-0.1, -0.05) is 26.7 Å². The SMILES string of the molecule is CC(C)CC1(C(N)c2cncc(OC(C)C)c2)CCCC1. The van der Waals surface area contributed by atoms with Crippen molar-refractivity contribution in [3.05, 3.63) is 24.0 Å². The first-order chi connectivity index (χ1) is 9.93. The molecule has 1 unspecified atom stereocenters. The highest BCUT2D eigenvalue weighted by Crippen LogP contribution is 2.50. The van der Waals surface area contributed by atoms with Crippen molar-refractivity contribution in [1.82, 2.24) is 4.98 Å². The molecule has 0 saturated heterocycles. The highest BCUT2D eigenvalue weighted by atomic mass is 16.5. The van der Waals surface area contributed by atoms with Gasteiger partial charge in [0.15, 0.2) is 0 Å². The standard InChI is InChI=1S/C18H30N2O/c1-13(2)10-18(7-5-6-8-18)17(19)15-9-16(12-20-11-15)21-14(3)4/h9,11-14,17H,5-8,10,19H2,1-4H3. The Bertz CT molecular complexity index is 450. The van der Waals surface area contributed by atoms with E-state index in [1.54, 1.807) is 6.20 Å². The Morgan fingerprint density at radius 2 is 1.86 bits per heavy atom. The first-order valence-corrected chi connectivity index (χ1v) is 8.30. The van der Waals surface area contributed by atoms with Gasteiger partial charge in [-0.2, -0.15) is 0 Å². The lowest BCUT2D eigenvalue weighted by Crippen LogP contribution is -2.33. The van der Waals surface area contributed by atoms with Gasteiger partial charge in [-0.15, -0.1) is 0 Å². The molecular weight excluding hydrogens is 260 g/mol. The summed E-state index contributed by atoms with van der Waals surface area (Å²) in [5.74, 6) is 1.51. The third-order valence-corrected chi connectivity index (χ3v) is 4.54. The third kappa shape index (κ3) is 3.97. The van der Waals surface area contributed by atoms with Gasteiger partial charge in [0.2, 0.25) is 0 Å². The van der Waals surface area contributed by atoms with Gasteiger partial charge in [-0.05, 0) is 56.1 Å². The van der Waals surface area contributed by atoms with Gasteiger partial charge in [0.1, 0.15) is 5.75 Å². The average Bonchev–Trinajstić information content (AvgIpc) is 2.86. The van der Waals surface area contributed by atoms with E-state index >= 15 is 0 Å². The van der Waals surface area contributed by atoms with Crippen molar-refractivity contribution in [3.8, 4) is 5.75 Å². The van der Waals surface area contributed by atoms with Crippen LogP contribution in [0.2, 0.25) is 0 Å². The summed E-state index contributed by atoms with van der Waals surface area (Å²) in [7, 11) is 0. The van der Waals surface area contributed by atoms with E-state index < -0.39 is 0 Å². The van der Waals surface area contributed by atoms with E-state index in [4.69, 9.17) is 10.5 Å². The number of hydrogen-bond donors (Lipinski definition) is 1. The number of ether oxygens (including phenoxy) is 1. The fourth-order valence-electron chi connectivity index (χ4n) is 3.83. The van der Waals surface area contributed by atoms with Gasteiger partial charge >= 0.3 is 0 Å². The van der Waals surface area contributed by atoms with Crippen LogP contribution in [-0.2, 0) is 0 Å². The van der Waals surface area contributed by atoms with E-state index in [0.29, 0.717) is 5.92 Å². The van der Waals surface area contributed by atoms with Gasteiger partial charge in [0.05, 0.1) is 12.3 Å². The Kier molecular flexibility index (Phi) is 5.26. The first-order valence-electron chi connectivity index (χ1n) is 8.30. The molecule has 21 heavy (non-hydrogen) atoms. The van der Waals surface area contributed by atoms with Crippen molar-refractivity contribution >= 4 is 0 Å². The van der Waals surface area contributed by atoms with Crippen molar-refractivity contribution < 1.29 is 4.74 Å². The molecule has 1 aliphatic rings. The van der Waals surface area contributed by atoms with E-state index in [-0.39, 0.29) is 17.6 Å². The van der Waals surface area contributed by atoms with Crippen LogP contribution < -0.4 is 10.5 Å². The molecule has 0 spiro atoms. The van der Waals surface area contributed by atoms with Crippen molar-refractivity contribution in [3.63, 3.8) is 0 Å². The molecule has 1 atom stereocenters. The maximum Gasteiger partial charge on any atom is 0.138 e. The van der Waals surface area contributed by atoms with E-state index in [1.807, 2.05) is 20.0 Å². The highest BCUT2D eigenvalue weighted by molar-refractivity contribution is 5.27. The largest absolute Gasteiger partial charge is 0.489 e.